The molecule has 0 saturated heterocycles. The first-order chi connectivity index (χ1) is 35.1. The second-order valence-electron chi connectivity index (χ2n) is 29.8. The van der Waals surface area contributed by atoms with Crippen LogP contribution in [0.5, 0.6) is 0 Å². The molecule has 0 aliphatic rings. The summed E-state index contributed by atoms with van der Waals surface area (Å²) in [4.78, 5) is 2.63. The number of hydrogen-bond acceptors (Lipinski definition) is 1. The molecule has 1 heterocycles. The summed E-state index contributed by atoms with van der Waals surface area (Å²) in [5.74, 6) is 0. The number of nitrogens with zero attached hydrogens (tertiary/aromatic N) is 2. The Labute approximate surface area is 456 Å². The van der Waals surface area contributed by atoms with Crippen LogP contribution in [0.3, 0.4) is 0 Å². The Kier molecular flexibility index (Phi) is 12.3. The van der Waals surface area contributed by atoms with Crippen molar-refractivity contribution in [1.82, 2.24) is 4.57 Å². The number of benzene rings is 9. The summed E-state index contributed by atoms with van der Waals surface area (Å²) >= 11 is 0. The van der Waals surface area contributed by atoms with Gasteiger partial charge in [0.15, 0.2) is 0 Å². The van der Waals surface area contributed by atoms with Gasteiger partial charge in [-0.25, -0.2) is 0 Å². The summed E-state index contributed by atoms with van der Waals surface area (Å²) in [5.41, 5.74) is 18.8. The molecule has 0 spiro atoms. The van der Waals surface area contributed by atoms with Crippen LogP contribution in [-0.2, 0) is 37.9 Å². The van der Waals surface area contributed by atoms with Gasteiger partial charge in [-0.2, -0.15) is 0 Å². The van der Waals surface area contributed by atoms with Gasteiger partial charge in [-0.15, -0.1) is 0 Å². The van der Waals surface area contributed by atoms with Crippen LogP contribution in [0.15, 0.2) is 140 Å². The molecule has 2 nitrogen and oxygen atoms in total. The van der Waals surface area contributed by atoms with Crippen LogP contribution in [0.25, 0.3) is 70.9 Å². The molecule has 10 rings (SSSR count). The number of hydrogen-bond donors (Lipinski definition) is 0. The van der Waals surface area contributed by atoms with Gasteiger partial charge in [0.2, 0.25) is 0 Å². The quantitative estimate of drug-likeness (QED) is 0.156. The Bertz CT molecular complexity index is 3760. The predicted molar refractivity (Wildman–Crippen MR) is 336 cm³/mol. The number of aromatic nitrogens is 1. The standard InChI is InChI=1S/C74H86N2/c1-68(2,3)48-26-33-63(58(42-48)47-36-51(71(10,11)12)38-52(37-47)72(13,14)15)75(55-40-53(73(16,17)18)39-54(41-55)74(19,20)21)61-31-24-45-23-30-57-62(32-25-46-22-29-56(61)66(45)67(46)57)76-64-34-27-49(69(4,5)6)43-59(64)60-44-50(70(7,8)9)28-35-65(60)76/h22-44H,1-21H3. The molecule has 10 aromatic rings. The fraction of sp³-hybridized carbons (Fsp3) is 0.378. The van der Waals surface area contributed by atoms with E-state index in [9.17, 15) is 0 Å². The van der Waals surface area contributed by atoms with E-state index in [0.29, 0.717) is 0 Å². The molecule has 9 aromatic carbocycles. The lowest BCUT2D eigenvalue weighted by Crippen LogP contribution is -2.20. The summed E-state index contributed by atoms with van der Waals surface area (Å²) in [7, 11) is 0. The molecule has 2 heteroatoms. The fourth-order valence-corrected chi connectivity index (χ4v) is 11.5. The molecule has 0 amide bonds. The summed E-state index contributed by atoms with van der Waals surface area (Å²) in [6, 6.07) is 55.7. The monoisotopic (exact) mass is 1000 g/mol. The van der Waals surface area contributed by atoms with E-state index in [2.05, 4.69) is 294 Å². The Hall–Kier alpha value is -6.38. The van der Waals surface area contributed by atoms with Crippen LogP contribution in [0.2, 0.25) is 0 Å². The van der Waals surface area contributed by atoms with Crippen molar-refractivity contribution in [1.29, 1.82) is 0 Å². The molecule has 0 N–H and O–H groups in total. The molecular weight excluding hydrogens is 917 g/mol. The normalized spacial score (nSPS) is 13.6. The minimum atomic E-state index is -0.0856. The van der Waals surface area contributed by atoms with Crippen molar-refractivity contribution in [2.24, 2.45) is 0 Å². The van der Waals surface area contributed by atoms with E-state index in [-0.39, 0.29) is 37.9 Å². The van der Waals surface area contributed by atoms with Gasteiger partial charge in [-0.1, -0.05) is 224 Å². The third-order valence-corrected chi connectivity index (χ3v) is 16.6. The maximum absolute atomic E-state index is 2.63. The van der Waals surface area contributed by atoms with Gasteiger partial charge in [0.1, 0.15) is 0 Å². The second-order valence-corrected chi connectivity index (χ2v) is 29.8. The zero-order chi connectivity index (χ0) is 55.2. The molecule has 0 atom stereocenters. The van der Waals surface area contributed by atoms with E-state index in [4.69, 9.17) is 0 Å². The topological polar surface area (TPSA) is 8.17 Å². The molecule has 76 heavy (non-hydrogen) atoms. The van der Waals surface area contributed by atoms with Crippen molar-refractivity contribution in [3.8, 4) is 16.8 Å². The van der Waals surface area contributed by atoms with Gasteiger partial charge in [-0.05, 0) is 165 Å². The minimum absolute atomic E-state index is 0.0203. The number of rotatable bonds is 5. The lowest BCUT2D eigenvalue weighted by Gasteiger charge is -2.34. The van der Waals surface area contributed by atoms with Crippen LogP contribution in [0.1, 0.15) is 184 Å². The van der Waals surface area contributed by atoms with Crippen LogP contribution >= 0.6 is 0 Å². The van der Waals surface area contributed by atoms with Crippen molar-refractivity contribution in [3.63, 3.8) is 0 Å². The Morgan fingerprint density at radius 1 is 0.289 bits per heavy atom. The Morgan fingerprint density at radius 2 is 0.658 bits per heavy atom. The summed E-state index contributed by atoms with van der Waals surface area (Å²) in [6.07, 6.45) is 0. The number of fused-ring (bicyclic) bond motifs is 3. The highest BCUT2D eigenvalue weighted by Gasteiger charge is 2.30. The highest BCUT2D eigenvalue weighted by atomic mass is 15.1. The van der Waals surface area contributed by atoms with Crippen molar-refractivity contribution < 1.29 is 0 Å². The first kappa shape index (κ1) is 53.0. The average Bonchev–Trinajstić information content (AvgIpc) is 3.68. The minimum Gasteiger partial charge on any atom is -0.309 e. The molecule has 0 aliphatic carbocycles. The molecule has 0 aliphatic heterocycles. The van der Waals surface area contributed by atoms with Crippen molar-refractivity contribution >= 4 is 71.2 Å². The highest BCUT2D eigenvalue weighted by Crippen LogP contribution is 2.51. The van der Waals surface area contributed by atoms with Gasteiger partial charge in [0.05, 0.1) is 28.1 Å². The molecule has 0 saturated carbocycles. The third-order valence-electron chi connectivity index (χ3n) is 16.6. The number of anilines is 3. The van der Waals surface area contributed by atoms with E-state index in [1.807, 2.05) is 0 Å². The van der Waals surface area contributed by atoms with E-state index in [1.165, 1.54) is 127 Å². The molecule has 0 radical (unpaired) electrons. The van der Waals surface area contributed by atoms with Crippen molar-refractivity contribution in [2.45, 2.75) is 183 Å². The van der Waals surface area contributed by atoms with Crippen LogP contribution in [0, 0.1) is 0 Å². The van der Waals surface area contributed by atoms with Crippen LogP contribution < -0.4 is 4.90 Å². The van der Waals surface area contributed by atoms with Gasteiger partial charge in [0.25, 0.3) is 0 Å². The summed E-state index contributed by atoms with van der Waals surface area (Å²) < 4.78 is 2.55. The lowest BCUT2D eigenvalue weighted by atomic mass is 9.78. The summed E-state index contributed by atoms with van der Waals surface area (Å²) in [5, 5.41) is 10.2. The largest absolute Gasteiger partial charge is 0.309 e. The molecule has 0 bridgehead atoms. The first-order valence-corrected chi connectivity index (χ1v) is 28.2. The average molecular weight is 1000 g/mol. The van der Waals surface area contributed by atoms with Gasteiger partial charge < -0.3 is 9.47 Å². The predicted octanol–water partition coefficient (Wildman–Crippen LogP) is 21.9. The van der Waals surface area contributed by atoms with E-state index in [1.54, 1.807) is 0 Å². The van der Waals surface area contributed by atoms with Gasteiger partial charge in [0, 0.05) is 32.8 Å². The molecule has 392 valence electrons. The van der Waals surface area contributed by atoms with Crippen molar-refractivity contribution in [3.05, 3.63) is 178 Å². The highest BCUT2D eigenvalue weighted by molar-refractivity contribution is 6.27. The summed E-state index contributed by atoms with van der Waals surface area (Å²) in [6.45, 7) is 49.2. The van der Waals surface area contributed by atoms with Crippen molar-refractivity contribution in [2.75, 3.05) is 4.90 Å². The van der Waals surface area contributed by atoms with Crippen LogP contribution in [-0.4, -0.2) is 4.57 Å². The van der Waals surface area contributed by atoms with Gasteiger partial charge in [-0.3, -0.25) is 0 Å². The van der Waals surface area contributed by atoms with E-state index >= 15 is 0 Å². The molecule has 0 unspecified atom stereocenters. The zero-order valence-electron chi connectivity index (χ0n) is 50.2. The SMILES string of the molecule is CC(C)(C)c1cc(-c2cc(C(C)(C)C)ccc2N(c2cc(C(C)(C)C)cc(C(C)(C)C)c2)c2ccc3ccc4c(-n5c6ccc(C(C)(C)C)cc6c6cc(C(C)(C)C)ccc65)ccc5ccc2c3c54)cc(C(C)(C)C)c1. The maximum atomic E-state index is 2.63. The fourth-order valence-electron chi connectivity index (χ4n) is 11.5. The maximum Gasteiger partial charge on any atom is 0.0541 e. The third kappa shape index (κ3) is 9.41. The van der Waals surface area contributed by atoms with E-state index < -0.39 is 0 Å². The molecule has 0 fully saturated rings. The second kappa shape index (κ2) is 17.6. The van der Waals surface area contributed by atoms with Crippen LogP contribution in [0.4, 0.5) is 17.1 Å². The van der Waals surface area contributed by atoms with E-state index in [0.717, 1.165) is 0 Å². The smallest absolute Gasteiger partial charge is 0.0541 e. The Morgan fingerprint density at radius 3 is 1.12 bits per heavy atom. The van der Waals surface area contributed by atoms with Gasteiger partial charge >= 0.3 is 0 Å². The molecular formula is C74H86N2. The Balaban J connectivity index is 1.32. The first-order valence-electron chi connectivity index (χ1n) is 28.2. The zero-order valence-corrected chi connectivity index (χ0v) is 50.2. The molecule has 1 aromatic heterocycles. The lowest BCUT2D eigenvalue weighted by molar-refractivity contribution is 0.568.